The Morgan fingerprint density at radius 1 is 0.739 bits per heavy atom. The molecule has 1 saturated heterocycles. The van der Waals surface area contributed by atoms with Crippen molar-refractivity contribution in [1.29, 1.82) is 0 Å². The van der Waals surface area contributed by atoms with Gasteiger partial charge in [0.2, 0.25) is 0 Å². The van der Waals surface area contributed by atoms with Crippen LogP contribution in [-0.2, 0) is 0 Å². The quantitative estimate of drug-likeness (QED) is 0.798. The molecule has 0 bridgehead atoms. The van der Waals surface area contributed by atoms with Gasteiger partial charge in [-0.15, -0.1) is 0 Å². The highest BCUT2D eigenvalue weighted by atomic mass is 35.5. The lowest BCUT2D eigenvalue weighted by atomic mass is 9.75. The summed E-state index contributed by atoms with van der Waals surface area (Å²) in [6.07, 6.45) is -0.377. The minimum Gasteiger partial charge on any atom is -0.392 e. The highest BCUT2D eigenvalue weighted by Crippen LogP contribution is 2.40. The molecule has 4 atom stereocenters. The molecule has 4 heteroatoms. The molecule has 0 unspecified atom stereocenters. The molecule has 2 aromatic carbocycles. The third-order valence-corrected chi connectivity index (χ3v) is 5.45. The average molecular weight is 350 g/mol. The minimum absolute atomic E-state index is 0.0825. The molecular formula is C19H21Cl2NO. The van der Waals surface area contributed by atoms with Gasteiger partial charge in [-0.3, -0.25) is 0 Å². The fourth-order valence-electron chi connectivity index (χ4n) is 3.51. The van der Waals surface area contributed by atoms with Crippen LogP contribution in [0, 0.1) is 11.8 Å². The van der Waals surface area contributed by atoms with Crippen LogP contribution in [0.2, 0.25) is 10.0 Å². The van der Waals surface area contributed by atoms with Crippen LogP contribution in [0.25, 0.3) is 0 Å². The van der Waals surface area contributed by atoms with Gasteiger partial charge >= 0.3 is 0 Å². The predicted octanol–water partition coefficient (Wildman–Crippen LogP) is 5.01. The van der Waals surface area contributed by atoms with Crippen LogP contribution < -0.4 is 5.32 Å². The molecule has 0 spiro atoms. The zero-order valence-electron chi connectivity index (χ0n) is 13.2. The Labute approximate surface area is 147 Å². The highest BCUT2D eigenvalue weighted by Gasteiger charge is 2.40. The topological polar surface area (TPSA) is 32.3 Å². The molecule has 3 rings (SSSR count). The van der Waals surface area contributed by atoms with Crippen LogP contribution in [0.1, 0.15) is 37.1 Å². The Hall–Kier alpha value is -1.06. The number of aliphatic hydroxyl groups is 1. The van der Waals surface area contributed by atoms with E-state index in [-0.39, 0.29) is 30.0 Å². The van der Waals surface area contributed by atoms with Gasteiger partial charge in [-0.2, -0.15) is 0 Å². The molecule has 23 heavy (non-hydrogen) atoms. The summed E-state index contributed by atoms with van der Waals surface area (Å²) in [7, 11) is 0. The molecule has 1 heterocycles. The van der Waals surface area contributed by atoms with Crippen molar-refractivity contribution in [3.63, 3.8) is 0 Å². The van der Waals surface area contributed by atoms with Gasteiger partial charge in [0, 0.05) is 34.0 Å². The van der Waals surface area contributed by atoms with E-state index in [0.717, 1.165) is 21.2 Å². The summed E-state index contributed by atoms with van der Waals surface area (Å²) in [5.74, 6) is 0.240. The molecular weight excluding hydrogens is 329 g/mol. The van der Waals surface area contributed by atoms with E-state index >= 15 is 0 Å². The second kappa shape index (κ2) is 6.82. The predicted molar refractivity (Wildman–Crippen MR) is 95.9 cm³/mol. The Kier molecular flexibility index (Phi) is 4.98. The zero-order chi connectivity index (χ0) is 16.6. The van der Waals surface area contributed by atoms with Gasteiger partial charge in [-0.25, -0.2) is 0 Å². The lowest BCUT2D eigenvalue weighted by Crippen LogP contribution is -2.48. The van der Waals surface area contributed by atoms with Crippen LogP contribution in [0.15, 0.2) is 48.5 Å². The summed E-state index contributed by atoms with van der Waals surface area (Å²) in [5, 5.41) is 15.9. The lowest BCUT2D eigenvalue weighted by molar-refractivity contribution is -0.00676. The number of nitrogens with one attached hydrogen (secondary N) is 1. The first kappa shape index (κ1) is 16.8. The van der Waals surface area contributed by atoms with Gasteiger partial charge in [0.25, 0.3) is 0 Å². The van der Waals surface area contributed by atoms with Gasteiger partial charge in [0.05, 0.1) is 6.10 Å². The Bertz CT molecular complexity index is 599. The van der Waals surface area contributed by atoms with E-state index in [1.807, 2.05) is 48.5 Å². The second-order valence-electron chi connectivity index (χ2n) is 6.43. The van der Waals surface area contributed by atoms with Crippen molar-refractivity contribution in [3.05, 3.63) is 69.7 Å². The number of hydrogen-bond acceptors (Lipinski definition) is 2. The van der Waals surface area contributed by atoms with Crippen LogP contribution >= 0.6 is 23.2 Å². The maximum Gasteiger partial charge on any atom is 0.0627 e. The summed E-state index contributed by atoms with van der Waals surface area (Å²) < 4.78 is 0. The summed E-state index contributed by atoms with van der Waals surface area (Å²) in [5.41, 5.74) is 2.29. The highest BCUT2D eigenvalue weighted by molar-refractivity contribution is 6.30. The van der Waals surface area contributed by atoms with Crippen molar-refractivity contribution in [3.8, 4) is 0 Å². The maximum atomic E-state index is 10.7. The molecule has 0 aromatic heterocycles. The summed E-state index contributed by atoms with van der Waals surface area (Å²) in [6.45, 7) is 4.18. The molecule has 2 aromatic rings. The van der Waals surface area contributed by atoms with Crippen molar-refractivity contribution in [2.75, 3.05) is 0 Å². The minimum atomic E-state index is -0.377. The Balaban J connectivity index is 1.92. The first-order valence-electron chi connectivity index (χ1n) is 7.92. The van der Waals surface area contributed by atoms with Crippen molar-refractivity contribution >= 4 is 23.2 Å². The largest absolute Gasteiger partial charge is 0.392 e. The smallest absolute Gasteiger partial charge is 0.0627 e. The van der Waals surface area contributed by atoms with Crippen molar-refractivity contribution in [2.45, 2.75) is 32.0 Å². The first-order valence-corrected chi connectivity index (χ1v) is 8.68. The van der Waals surface area contributed by atoms with E-state index in [1.54, 1.807) is 0 Å². The molecule has 0 amide bonds. The molecule has 2 N–H and O–H groups in total. The van der Waals surface area contributed by atoms with Gasteiger partial charge < -0.3 is 10.4 Å². The molecule has 0 saturated carbocycles. The number of hydrogen-bond donors (Lipinski definition) is 2. The molecule has 1 aliphatic rings. The standard InChI is InChI=1S/C19H21Cl2NO/c1-11-17(13-3-7-15(20)8-4-13)22-18(12(2)19(11)23)14-5-9-16(21)10-6-14/h3-12,17-19,22-23H,1-2H3/t11-,12-,17-,18-/m1/s1. The van der Waals surface area contributed by atoms with Crippen LogP contribution in [-0.4, -0.2) is 11.2 Å². The second-order valence-corrected chi connectivity index (χ2v) is 7.31. The first-order chi connectivity index (χ1) is 11.0. The van der Waals surface area contributed by atoms with E-state index in [4.69, 9.17) is 23.2 Å². The van der Waals surface area contributed by atoms with Crippen molar-refractivity contribution in [1.82, 2.24) is 5.32 Å². The van der Waals surface area contributed by atoms with Crippen molar-refractivity contribution < 1.29 is 5.11 Å². The molecule has 0 radical (unpaired) electrons. The molecule has 122 valence electrons. The van der Waals surface area contributed by atoms with E-state index in [2.05, 4.69) is 19.2 Å². The normalized spacial score (nSPS) is 31.1. The van der Waals surface area contributed by atoms with Crippen molar-refractivity contribution in [2.24, 2.45) is 11.8 Å². The number of halogens is 2. The Morgan fingerprint density at radius 2 is 1.09 bits per heavy atom. The number of benzene rings is 2. The van der Waals surface area contributed by atoms with Gasteiger partial charge in [0.1, 0.15) is 0 Å². The Morgan fingerprint density at radius 3 is 1.43 bits per heavy atom. The van der Waals surface area contributed by atoms with E-state index in [1.165, 1.54) is 0 Å². The zero-order valence-corrected chi connectivity index (χ0v) is 14.7. The van der Waals surface area contributed by atoms with Gasteiger partial charge in [-0.05, 0) is 35.4 Å². The SMILES string of the molecule is C[C@H]1C(O)[C@H](C)[C@H](c2ccc(Cl)cc2)N[C@H]1c1ccc(Cl)cc1. The number of rotatable bonds is 2. The summed E-state index contributed by atoms with van der Waals surface area (Å²) in [4.78, 5) is 0. The molecule has 1 aliphatic heterocycles. The third kappa shape index (κ3) is 3.41. The molecule has 1 fully saturated rings. The van der Waals surface area contributed by atoms with Crippen LogP contribution in [0.3, 0.4) is 0 Å². The monoisotopic (exact) mass is 349 g/mol. The summed E-state index contributed by atoms with van der Waals surface area (Å²) >= 11 is 12.0. The fraction of sp³-hybridized carbons (Fsp3) is 0.368. The number of piperidine rings is 1. The van der Waals surface area contributed by atoms with E-state index < -0.39 is 0 Å². The lowest BCUT2D eigenvalue weighted by Gasteiger charge is -2.44. The van der Waals surface area contributed by atoms with E-state index in [9.17, 15) is 5.11 Å². The van der Waals surface area contributed by atoms with Crippen LogP contribution in [0.4, 0.5) is 0 Å². The molecule has 2 nitrogen and oxygen atoms in total. The van der Waals surface area contributed by atoms with Crippen LogP contribution in [0.5, 0.6) is 0 Å². The third-order valence-electron chi connectivity index (χ3n) is 4.95. The molecule has 0 aliphatic carbocycles. The van der Waals surface area contributed by atoms with E-state index in [0.29, 0.717) is 0 Å². The number of aliphatic hydroxyl groups excluding tert-OH is 1. The van der Waals surface area contributed by atoms with Gasteiger partial charge in [0.15, 0.2) is 0 Å². The summed E-state index contributed by atoms with van der Waals surface area (Å²) in [6, 6.07) is 15.9. The average Bonchev–Trinajstić information content (AvgIpc) is 2.55. The maximum absolute atomic E-state index is 10.7. The van der Waals surface area contributed by atoms with Gasteiger partial charge in [-0.1, -0.05) is 61.3 Å². The fourth-order valence-corrected chi connectivity index (χ4v) is 3.76.